The molecule has 0 radical (unpaired) electrons. The summed E-state index contributed by atoms with van der Waals surface area (Å²) in [6, 6.07) is -0.159. The molecule has 0 saturated carbocycles. The van der Waals surface area contributed by atoms with Crippen molar-refractivity contribution >= 4 is 42.1 Å². The molecule has 76 valence electrons. The second-order valence-electron chi connectivity index (χ2n) is 2.10. The van der Waals surface area contributed by atoms with E-state index in [0.717, 1.165) is 6.42 Å². The standard InChI is InChI=1S/C6H14N2OS.2ClH/c1-5(8)6(10)9-4-2-3-7;;/h5H,2-4,7-8H2,1H3;2*1H/t5-;;/m0../s1. The lowest BCUT2D eigenvalue weighted by Gasteiger charge is -2.08. The molecule has 0 aliphatic carbocycles. The number of rotatable bonds is 4. The zero-order chi connectivity index (χ0) is 7.98. The minimum absolute atomic E-state index is 0. The molecule has 0 bridgehead atoms. The van der Waals surface area contributed by atoms with Gasteiger partial charge in [-0.2, -0.15) is 0 Å². The predicted molar refractivity (Wildman–Crippen MR) is 60.4 cm³/mol. The third-order valence-electron chi connectivity index (χ3n) is 0.965. The fraction of sp³-hybridized carbons (Fsp3) is 0.833. The van der Waals surface area contributed by atoms with E-state index < -0.39 is 0 Å². The molecule has 3 nitrogen and oxygen atoms in total. The lowest BCUT2D eigenvalue weighted by molar-refractivity contribution is 0.297. The van der Waals surface area contributed by atoms with Gasteiger partial charge in [-0.3, -0.25) is 0 Å². The van der Waals surface area contributed by atoms with E-state index in [4.69, 9.17) is 28.4 Å². The van der Waals surface area contributed by atoms with Gasteiger partial charge in [0.05, 0.1) is 12.6 Å². The average Bonchev–Trinajstić information content (AvgIpc) is 1.88. The summed E-state index contributed by atoms with van der Waals surface area (Å²) >= 11 is 4.80. The highest BCUT2D eigenvalue weighted by molar-refractivity contribution is 7.80. The Morgan fingerprint density at radius 3 is 2.33 bits per heavy atom. The van der Waals surface area contributed by atoms with Crippen LogP contribution in [-0.4, -0.2) is 24.2 Å². The second kappa shape index (κ2) is 11.4. The highest BCUT2D eigenvalue weighted by atomic mass is 35.5. The van der Waals surface area contributed by atoms with Crippen molar-refractivity contribution in [2.75, 3.05) is 13.2 Å². The lowest BCUT2D eigenvalue weighted by Crippen LogP contribution is -2.27. The first-order valence-corrected chi connectivity index (χ1v) is 3.71. The fourth-order valence-corrected chi connectivity index (χ4v) is 0.471. The minimum Gasteiger partial charge on any atom is -0.485 e. The van der Waals surface area contributed by atoms with Crippen LogP contribution in [0.15, 0.2) is 0 Å². The van der Waals surface area contributed by atoms with Crippen LogP contribution in [-0.2, 0) is 4.74 Å². The third-order valence-corrected chi connectivity index (χ3v) is 1.45. The first kappa shape index (κ1) is 18.2. The van der Waals surface area contributed by atoms with Gasteiger partial charge in [0.1, 0.15) is 0 Å². The summed E-state index contributed by atoms with van der Waals surface area (Å²) in [6.45, 7) is 3.00. The molecule has 0 rings (SSSR count). The van der Waals surface area contributed by atoms with Gasteiger partial charge in [0.15, 0.2) is 5.05 Å². The molecule has 0 spiro atoms. The van der Waals surface area contributed by atoms with Gasteiger partial charge in [0.2, 0.25) is 0 Å². The Labute approximate surface area is 91.0 Å². The Hall–Kier alpha value is 0.390. The third kappa shape index (κ3) is 10.4. The van der Waals surface area contributed by atoms with Crippen molar-refractivity contribution in [3.63, 3.8) is 0 Å². The van der Waals surface area contributed by atoms with Crippen LogP contribution in [0.25, 0.3) is 0 Å². The molecule has 6 heteroatoms. The quantitative estimate of drug-likeness (QED) is 0.560. The summed E-state index contributed by atoms with van der Waals surface area (Å²) in [5.41, 5.74) is 10.7. The van der Waals surface area contributed by atoms with Gasteiger partial charge in [-0.1, -0.05) is 0 Å². The molecule has 0 aromatic carbocycles. The van der Waals surface area contributed by atoms with Crippen molar-refractivity contribution in [1.29, 1.82) is 0 Å². The van der Waals surface area contributed by atoms with Gasteiger partial charge >= 0.3 is 0 Å². The predicted octanol–water partition coefficient (Wildman–Crippen LogP) is 0.870. The molecular formula is C6H16Cl2N2OS. The molecule has 1 atom stereocenters. The van der Waals surface area contributed by atoms with Crippen LogP contribution in [0.4, 0.5) is 0 Å². The maximum atomic E-state index is 5.42. The van der Waals surface area contributed by atoms with E-state index in [0.29, 0.717) is 18.2 Å². The van der Waals surface area contributed by atoms with Crippen molar-refractivity contribution in [2.24, 2.45) is 11.5 Å². The molecule has 0 fully saturated rings. The zero-order valence-corrected chi connectivity index (χ0v) is 9.44. The van der Waals surface area contributed by atoms with Gasteiger partial charge in [0.25, 0.3) is 0 Å². The van der Waals surface area contributed by atoms with Crippen molar-refractivity contribution in [3.05, 3.63) is 0 Å². The van der Waals surface area contributed by atoms with E-state index in [-0.39, 0.29) is 30.9 Å². The zero-order valence-electron chi connectivity index (χ0n) is 6.99. The highest BCUT2D eigenvalue weighted by Crippen LogP contribution is 1.88. The number of nitrogens with two attached hydrogens (primary N) is 2. The number of hydrogen-bond acceptors (Lipinski definition) is 4. The molecular weight excluding hydrogens is 219 g/mol. The van der Waals surface area contributed by atoms with Crippen LogP contribution >= 0.6 is 37.0 Å². The second-order valence-corrected chi connectivity index (χ2v) is 2.50. The van der Waals surface area contributed by atoms with E-state index in [2.05, 4.69) is 0 Å². The molecule has 0 aromatic rings. The number of halogens is 2. The summed E-state index contributed by atoms with van der Waals surface area (Å²) in [7, 11) is 0. The minimum atomic E-state index is -0.159. The first-order chi connectivity index (χ1) is 4.68. The maximum Gasteiger partial charge on any atom is 0.176 e. The molecule has 0 unspecified atom stereocenters. The summed E-state index contributed by atoms with van der Waals surface area (Å²) in [5, 5.41) is 0.466. The topological polar surface area (TPSA) is 61.3 Å². The molecule has 0 saturated heterocycles. The van der Waals surface area contributed by atoms with Crippen LogP contribution < -0.4 is 11.5 Å². The van der Waals surface area contributed by atoms with Crippen LogP contribution in [0, 0.1) is 0 Å². The number of thiocarbonyl (C=S) groups is 1. The Balaban J connectivity index is -0.000000405. The maximum absolute atomic E-state index is 5.42. The van der Waals surface area contributed by atoms with Gasteiger partial charge < -0.3 is 16.2 Å². The number of ether oxygens (including phenoxy) is 1. The molecule has 0 heterocycles. The molecule has 12 heavy (non-hydrogen) atoms. The van der Waals surface area contributed by atoms with E-state index >= 15 is 0 Å². The Morgan fingerprint density at radius 1 is 1.50 bits per heavy atom. The summed E-state index contributed by atoms with van der Waals surface area (Å²) < 4.78 is 5.07. The lowest BCUT2D eigenvalue weighted by atomic mass is 10.4. The van der Waals surface area contributed by atoms with Crippen LogP contribution in [0.1, 0.15) is 13.3 Å². The van der Waals surface area contributed by atoms with Gasteiger partial charge in [-0.25, -0.2) is 0 Å². The summed E-state index contributed by atoms with van der Waals surface area (Å²) in [5.74, 6) is 0. The monoisotopic (exact) mass is 234 g/mol. The molecule has 0 amide bonds. The fourth-order valence-electron chi connectivity index (χ4n) is 0.388. The normalized spacial score (nSPS) is 10.6. The van der Waals surface area contributed by atoms with Crippen molar-refractivity contribution in [3.8, 4) is 0 Å². The van der Waals surface area contributed by atoms with Gasteiger partial charge in [0, 0.05) is 0 Å². The van der Waals surface area contributed by atoms with Crippen LogP contribution in [0.5, 0.6) is 0 Å². The van der Waals surface area contributed by atoms with E-state index in [1.54, 1.807) is 6.92 Å². The smallest absolute Gasteiger partial charge is 0.176 e. The average molecular weight is 235 g/mol. The largest absolute Gasteiger partial charge is 0.485 e. The Bertz CT molecular complexity index is 114. The van der Waals surface area contributed by atoms with Crippen molar-refractivity contribution < 1.29 is 4.74 Å². The van der Waals surface area contributed by atoms with Gasteiger partial charge in [-0.15, -0.1) is 24.8 Å². The van der Waals surface area contributed by atoms with Crippen LogP contribution in [0.2, 0.25) is 0 Å². The first-order valence-electron chi connectivity index (χ1n) is 3.30. The number of hydrogen-bond donors (Lipinski definition) is 2. The van der Waals surface area contributed by atoms with Crippen molar-refractivity contribution in [2.45, 2.75) is 19.4 Å². The Morgan fingerprint density at radius 2 is 2.00 bits per heavy atom. The van der Waals surface area contributed by atoms with E-state index in [9.17, 15) is 0 Å². The molecule has 0 aliphatic rings. The molecule has 0 aliphatic heterocycles. The molecule has 4 N–H and O–H groups in total. The van der Waals surface area contributed by atoms with Crippen molar-refractivity contribution in [1.82, 2.24) is 0 Å². The summed E-state index contributed by atoms with van der Waals surface area (Å²) in [6.07, 6.45) is 0.826. The van der Waals surface area contributed by atoms with E-state index in [1.807, 2.05) is 0 Å². The SMILES string of the molecule is C[C@H](N)C(=S)OCCCN.Cl.Cl. The van der Waals surface area contributed by atoms with E-state index in [1.165, 1.54) is 0 Å². The Kier molecular flexibility index (Phi) is 17.3. The van der Waals surface area contributed by atoms with Gasteiger partial charge in [-0.05, 0) is 32.1 Å². The highest BCUT2D eigenvalue weighted by Gasteiger charge is 2.01. The van der Waals surface area contributed by atoms with Crippen LogP contribution in [0.3, 0.4) is 0 Å². The summed E-state index contributed by atoms with van der Waals surface area (Å²) in [4.78, 5) is 0. The molecule has 0 aromatic heterocycles.